The lowest BCUT2D eigenvalue weighted by Gasteiger charge is -2.25. The van der Waals surface area contributed by atoms with Crippen LogP contribution < -0.4 is 11.1 Å². The highest BCUT2D eigenvalue weighted by molar-refractivity contribution is 6.30. The normalized spacial score (nSPS) is 24.6. The van der Waals surface area contributed by atoms with Crippen molar-refractivity contribution in [3.8, 4) is 0 Å². The van der Waals surface area contributed by atoms with Gasteiger partial charge >= 0.3 is 0 Å². The molecule has 0 saturated heterocycles. The van der Waals surface area contributed by atoms with E-state index in [1.165, 1.54) is 0 Å². The number of benzene rings is 1. The molecule has 21 heavy (non-hydrogen) atoms. The zero-order chi connectivity index (χ0) is 15.4. The second-order valence-electron chi connectivity index (χ2n) is 5.78. The Labute approximate surface area is 131 Å². The number of nitrogens with two attached hydrogens (primary N) is 1. The first-order chi connectivity index (χ1) is 10.0. The first kappa shape index (κ1) is 16.3. The standard InChI is InChI=1S/C16H23ClN2O2/c1-10(19-16(20)12-5-8-14(18)9-12)15(21-2)11-3-6-13(17)7-4-11/h3-4,6-7,10,12,14-15H,5,8-9,18H2,1-2H3,(H,19,20). The SMILES string of the molecule is COC(c1ccc(Cl)cc1)C(C)NC(=O)C1CCC(N)C1. The molecule has 4 nitrogen and oxygen atoms in total. The van der Waals surface area contributed by atoms with Crippen molar-refractivity contribution < 1.29 is 9.53 Å². The largest absolute Gasteiger partial charge is 0.375 e. The lowest BCUT2D eigenvalue weighted by atomic mass is 10.0. The third-order valence-corrected chi connectivity index (χ3v) is 4.37. The molecule has 0 aliphatic heterocycles. The predicted octanol–water partition coefficient (Wildman–Crippen LogP) is 2.66. The van der Waals surface area contributed by atoms with Gasteiger partial charge in [-0.25, -0.2) is 0 Å². The van der Waals surface area contributed by atoms with Crippen molar-refractivity contribution in [3.05, 3.63) is 34.9 Å². The molecule has 0 bridgehead atoms. The van der Waals surface area contributed by atoms with Gasteiger partial charge in [0.2, 0.25) is 5.91 Å². The van der Waals surface area contributed by atoms with Gasteiger partial charge in [0, 0.05) is 24.1 Å². The molecule has 1 aliphatic carbocycles. The molecular formula is C16H23ClN2O2. The van der Waals surface area contributed by atoms with Gasteiger partial charge in [-0.3, -0.25) is 4.79 Å². The predicted molar refractivity (Wildman–Crippen MR) is 84.1 cm³/mol. The molecule has 1 aliphatic rings. The molecule has 4 unspecified atom stereocenters. The average molecular weight is 311 g/mol. The van der Waals surface area contributed by atoms with Crippen molar-refractivity contribution in [1.29, 1.82) is 0 Å². The molecule has 1 saturated carbocycles. The van der Waals surface area contributed by atoms with Crippen molar-refractivity contribution in [2.75, 3.05) is 7.11 Å². The van der Waals surface area contributed by atoms with Crippen LogP contribution in [-0.2, 0) is 9.53 Å². The Kier molecular flexibility index (Phi) is 5.62. The molecule has 0 aromatic heterocycles. The topological polar surface area (TPSA) is 64.3 Å². The minimum absolute atomic E-state index is 0.0326. The van der Waals surface area contributed by atoms with Gasteiger partial charge in [0.05, 0.1) is 6.04 Å². The highest BCUT2D eigenvalue weighted by Gasteiger charge is 2.30. The van der Waals surface area contributed by atoms with Crippen LogP contribution in [0, 0.1) is 5.92 Å². The van der Waals surface area contributed by atoms with Gasteiger partial charge < -0.3 is 15.8 Å². The second kappa shape index (κ2) is 7.25. The molecule has 116 valence electrons. The lowest BCUT2D eigenvalue weighted by Crippen LogP contribution is -2.40. The van der Waals surface area contributed by atoms with Gasteiger partial charge in [-0.15, -0.1) is 0 Å². The van der Waals surface area contributed by atoms with Crippen LogP contribution in [0.25, 0.3) is 0 Å². The van der Waals surface area contributed by atoms with Crippen molar-refractivity contribution in [2.24, 2.45) is 11.7 Å². The number of rotatable bonds is 5. The van der Waals surface area contributed by atoms with Crippen LogP contribution in [-0.4, -0.2) is 25.1 Å². The number of hydrogen-bond acceptors (Lipinski definition) is 3. The summed E-state index contributed by atoms with van der Waals surface area (Å²) in [5.41, 5.74) is 6.87. The average Bonchev–Trinajstić information content (AvgIpc) is 2.88. The summed E-state index contributed by atoms with van der Waals surface area (Å²) >= 11 is 5.90. The summed E-state index contributed by atoms with van der Waals surface area (Å²) in [7, 11) is 1.65. The van der Waals surface area contributed by atoms with Gasteiger partial charge in [-0.05, 0) is 43.9 Å². The first-order valence-corrected chi connectivity index (χ1v) is 7.73. The molecule has 1 aromatic carbocycles. The number of ether oxygens (including phenoxy) is 1. The highest BCUT2D eigenvalue weighted by Crippen LogP contribution is 2.26. The Hall–Kier alpha value is -1.10. The summed E-state index contributed by atoms with van der Waals surface area (Å²) in [4.78, 5) is 12.3. The molecule has 1 fully saturated rings. The first-order valence-electron chi connectivity index (χ1n) is 7.35. The second-order valence-corrected chi connectivity index (χ2v) is 6.21. The van der Waals surface area contributed by atoms with Crippen molar-refractivity contribution in [2.45, 2.75) is 44.4 Å². The number of amides is 1. The Morgan fingerprint density at radius 2 is 2.05 bits per heavy atom. The number of carbonyl (C=O) groups is 1. The van der Waals surface area contributed by atoms with Crippen LogP contribution >= 0.6 is 11.6 Å². The Balaban J connectivity index is 1.98. The maximum absolute atomic E-state index is 12.3. The van der Waals surface area contributed by atoms with Crippen LogP contribution in [0.4, 0.5) is 0 Å². The van der Waals surface area contributed by atoms with E-state index in [1.807, 2.05) is 31.2 Å². The van der Waals surface area contributed by atoms with Gasteiger partial charge in [-0.2, -0.15) is 0 Å². The van der Waals surface area contributed by atoms with E-state index in [9.17, 15) is 4.79 Å². The van der Waals surface area contributed by atoms with Crippen LogP contribution in [0.15, 0.2) is 24.3 Å². The molecule has 2 rings (SSSR count). The third kappa shape index (κ3) is 4.19. The van der Waals surface area contributed by atoms with Crippen molar-refractivity contribution in [1.82, 2.24) is 5.32 Å². The monoisotopic (exact) mass is 310 g/mol. The third-order valence-electron chi connectivity index (χ3n) is 4.12. The summed E-state index contributed by atoms with van der Waals surface area (Å²) in [5, 5.41) is 3.74. The van der Waals surface area contributed by atoms with E-state index in [2.05, 4.69) is 5.32 Å². The van der Waals surface area contributed by atoms with Crippen LogP contribution in [0.3, 0.4) is 0 Å². The molecule has 0 spiro atoms. The highest BCUT2D eigenvalue weighted by atomic mass is 35.5. The smallest absolute Gasteiger partial charge is 0.223 e. The van der Waals surface area contributed by atoms with Crippen molar-refractivity contribution in [3.63, 3.8) is 0 Å². The van der Waals surface area contributed by atoms with Gasteiger partial charge in [0.15, 0.2) is 0 Å². The summed E-state index contributed by atoms with van der Waals surface area (Å²) in [5.74, 6) is 0.108. The minimum atomic E-state index is -0.193. The Bertz CT molecular complexity index is 478. The Morgan fingerprint density at radius 3 is 2.57 bits per heavy atom. The number of carbonyl (C=O) groups excluding carboxylic acids is 1. The van der Waals surface area contributed by atoms with E-state index in [-0.39, 0.29) is 30.0 Å². The molecule has 5 heteroatoms. The number of hydrogen-bond donors (Lipinski definition) is 2. The van der Waals surface area contributed by atoms with E-state index in [0.717, 1.165) is 24.8 Å². The zero-order valence-corrected chi connectivity index (χ0v) is 13.3. The lowest BCUT2D eigenvalue weighted by molar-refractivity contribution is -0.126. The summed E-state index contributed by atoms with van der Waals surface area (Å²) in [6.07, 6.45) is 2.38. The van der Waals surface area contributed by atoms with Crippen LogP contribution in [0.2, 0.25) is 5.02 Å². The summed E-state index contributed by atoms with van der Waals surface area (Å²) in [6, 6.07) is 7.54. The van der Waals surface area contributed by atoms with E-state index in [1.54, 1.807) is 7.11 Å². The zero-order valence-electron chi connectivity index (χ0n) is 12.5. The van der Waals surface area contributed by atoms with E-state index in [0.29, 0.717) is 5.02 Å². The van der Waals surface area contributed by atoms with E-state index in [4.69, 9.17) is 22.1 Å². The molecule has 4 atom stereocenters. The number of halogens is 1. The summed E-state index contributed by atoms with van der Waals surface area (Å²) < 4.78 is 5.54. The van der Waals surface area contributed by atoms with Crippen LogP contribution in [0.1, 0.15) is 37.9 Å². The molecule has 1 amide bonds. The Morgan fingerprint density at radius 1 is 1.38 bits per heavy atom. The number of nitrogens with one attached hydrogen (secondary N) is 1. The molecule has 0 radical (unpaired) electrons. The van der Waals surface area contributed by atoms with E-state index < -0.39 is 0 Å². The van der Waals surface area contributed by atoms with Crippen molar-refractivity contribution >= 4 is 17.5 Å². The molecule has 1 aromatic rings. The molecule has 0 heterocycles. The fraction of sp³-hybridized carbons (Fsp3) is 0.562. The van der Waals surface area contributed by atoms with E-state index >= 15 is 0 Å². The fourth-order valence-corrected chi connectivity index (χ4v) is 3.08. The van der Waals surface area contributed by atoms with Crippen LogP contribution in [0.5, 0.6) is 0 Å². The molecular weight excluding hydrogens is 288 g/mol. The number of methoxy groups -OCH3 is 1. The maximum atomic E-state index is 12.3. The fourth-order valence-electron chi connectivity index (χ4n) is 2.95. The van der Waals surface area contributed by atoms with Gasteiger partial charge in [-0.1, -0.05) is 23.7 Å². The van der Waals surface area contributed by atoms with Gasteiger partial charge in [0.25, 0.3) is 0 Å². The quantitative estimate of drug-likeness (QED) is 0.879. The minimum Gasteiger partial charge on any atom is -0.375 e. The molecule has 3 N–H and O–H groups in total. The van der Waals surface area contributed by atoms with Gasteiger partial charge in [0.1, 0.15) is 6.10 Å². The maximum Gasteiger partial charge on any atom is 0.223 e. The summed E-state index contributed by atoms with van der Waals surface area (Å²) in [6.45, 7) is 1.95.